The quantitative estimate of drug-likeness (QED) is 0.681. The van der Waals surface area contributed by atoms with Gasteiger partial charge in [-0.25, -0.2) is 0 Å². The fourth-order valence-electron chi connectivity index (χ4n) is 6.09. The summed E-state index contributed by atoms with van der Waals surface area (Å²) in [6.07, 6.45) is 7.21. The number of amides is 1. The number of rotatable bonds is 7. The van der Waals surface area contributed by atoms with Crippen molar-refractivity contribution in [2.75, 3.05) is 19.7 Å². The van der Waals surface area contributed by atoms with Gasteiger partial charge in [-0.2, -0.15) is 0 Å². The zero-order valence-electron chi connectivity index (χ0n) is 16.2. The van der Waals surface area contributed by atoms with Gasteiger partial charge in [-0.15, -0.1) is 0 Å². The van der Waals surface area contributed by atoms with E-state index in [1.807, 2.05) is 17.9 Å². The monoisotopic (exact) mass is 373 g/mol. The fourth-order valence-corrected chi connectivity index (χ4v) is 6.09. The number of aliphatic hydroxyl groups is 1. The number of nitrogens with one attached hydrogen (secondary N) is 2. The van der Waals surface area contributed by atoms with Crippen LogP contribution in [0.3, 0.4) is 0 Å². The smallest absolute Gasteiger partial charge is 0.261 e. The van der Waals surface area contributed by atoms with E-state index in [4.69, 9.17) is 5.11 Å². The van der Waals surface area contributed by atoms with E-state index in [1.54, 1.807) is 6.07 Å². The molecule has 6 heteroatoms. The predicted octanol–water partition coefficient (Wildman–Crippen LogP) is 1.89. The lowest BCUT2D eigenvalue weighted by atomic mass is 9.53. The largest absolute Gasteiger partial charge is 0.395 e. The van der Waals surface area contributed by atoms with Crippen molar-refractivity contribution in [2.45, 2.75) is 57.5 Å². The van der Waals surface area contributed by atoms with Gasteiger partial charge in [-0.1, -0.05) is 6.92 Å². The summed E-state index contributed by atoms with van der Waals surface area (Å²) in [5.41, 5.74) is 0.563. The zero-order chi connectivity index (χ0) is 19.0. The van der Waals surface area contributed by atoms with E-state index in [1.165, 1.54) is 19.3 Å². The molecule has 0 atom stereocenters. The number of pyridine rings is 1. The molecule has 27 heavy (non-hydrogen) atoms. The highest BCUT2D eigenvalue weighted by Crippen LogP contribution is 2.55. The van der Waals surface area contributed by atoms with Gasteiger partial charge in [-0.05, 0) is 75.0 Å². The highest BCUT2D eigenvalue weighted by Gasteiger charge is 2.51. The Kier molecular flexibility index (Phi) is 5.12. The molecule has 0 spiro atoms. The summed E-state index contributed by atoms with van der Waals surface area (Å²) in [5, 5.41) is 12.4. The Bertz CT molecular complexity index is 722. The Morgan fingerprint density at radius 1 is 1.22 bits per heavy atom. The molecule has 4 saturated carbocycles. The van der Waals surface area contributed by atoms with E-state index < -0.39 is 0 Å². The third-order valence-corrected chi connectivity index (χ3v) is 6.89. The molecule has 0 aromatic carbocycles. The molecule has 5 rings (SSSR count). The molecule has 6 nitrogen and oxygen atoms in total. The Labute approximate surface area is 160 Å². The molecule has 1 aromatic heterocycles. The lowest BCUT2D eigenvalue weighted by molar-refractivity contribution is -0.0167. The molecule has 0 radical (unpaired) electrons. The molecule has 1 amide bonds. The van der Waals surface area contributed by atoms with Crippen molar-refractivity contribution in [1.82, 2.24) is 15.2 Å². The Morgan fingerprint density at radius 3 is 2.37 bits per heavy atom. The van der Waals surface area contributed by atoms with Crippen LogP contribution < -0.4 is 10.9 Å². The maximum atomic E-state index is 12.9. The first-order valence-corrected chi connectivity index (χ1v) is 10.4. The first-order valence-electron chi connectivity index (χ1n) is 10.4. The van der Waals surface area contributed by atoms with Gasteiger partial charge in [0.15, 0.2) is 0 Å². The number of aromatic amines is 1. The number of carbonyl (C=O) groups is 1. The SMILES string of the molecule is CCN(CCO)Cc1ccc(C(=O)NC23CC4CC(CC(C4)C2)C3)c(=O)[nH]1. The summed E-state index contributed by atoms with van der Waals surface area (Å²) in [7, 11) is 0. The van der Waals surface area contributed by atoms with Gasteiger partial charge in [0.25, 0.3) is 11.5 Å². The number of likely N-dealkylation sites (N-methyl/N-ethyl adjacent to an activating group) is 1. The number of carbonyl (C=O) groups excluding carboxylic acids is 1. The predicted molar refractivity (Wildman–Crippen MR) is 103 cm³/mol. The highest BCUT2D eigenvalue weighted by atomic mass is 16.3. The van der Waals surface area contributed by atoms with E-state index in [9.17, 15) is 9.59 Å². The average molecular weight is 373 g/mol. The van der Waals surface area contributed by atoms with Crippen LogP contribution in [0, 0.1) is 17.8 Å². The summed E-state index contributed by atoms with van der Waals surface area (Å²) < 4.78 is 0. The molecule has 4 bridgehead atoms. The Balaban J connectivity index is 1.45. The van der Waals surface area contributed by atoms with E-state index in [2.05, 4.69) is 10.3 Å². The van der Waals surface area contributed by atoms with Crippen LogP contribution in [-0.4, -0.2) is 46.1 Å². The van der Waals surface area contributed by atoms with Gasteiger partial charge in [0, 0.05) is 24.3 Å². The minimum atomic E-state index is -0.324. The van der Waals surface area contributed by atoms with Gasteiger partial charge in [0.1, 0.15) is 5.56 Å². The van der Waals surface area contributed by atoms with Gasteiger partial charge < -0.3 is 15.4 Å². The molecule has 1 heterocycles. The third kappa shape index (κ3) is 3.83. The van der Waals surface area contributed by atoms with Crippen LogP contribution in [0.2, 0.25) is 0 Å². The number of nitrogens with zero attached hydrogens (tertiary/aromatic N) is 1. The van der Waals surface area contributed by atoms with E-state index >= 15 is 0 Å². The van der Waals surface area contributed by atoms with Gasteiger partial charge in [-0.3, -0.25) is 14.5 Å². The van der Waals surface area contributed by atoms with Gasteiger partial charge in [0.2, 0.25) is 0 Å². The van der Waals surface area contributed by atoms with Gasteiger partial charge >= 0.3 is 0 Å². The van der Waals surface area contributed by atoms with E-state index in [-0.39, 0.29) is 29.2 Å². The lowest BCUT2D eigenvalue weighted by Gasteiger charge is -2.56. The molecule has 4 aliphatic rings. The standard InChI is InChI=1S/C21H31N3O3/c1-2-24(5-6-25)13-17-3-4-18(19(26)22-17)20(27)23-21-10-14-7-15(11-21)9-16(8-14)12-21/h3-4,14-16,25H,2,5-13H2,1H3,(H,22,26)(H,23,27). The lowest BCUT2D eigenvalue weighted by Crippen LogP contribution is -2.60. The average Bonchev–Trinajstić information content (AvgIpc) is 2.59. The summed E-state index contributed by atoms with van der Waals surface area (Å²) in [6.45, 7) is 4.01. The van der Waals surface area contributed by atoms with Crippen molar-refractivity contribution in [3.05, 3.63) is 33.7 Å². The van der Waals surface area contributed by atoms with Crippen molar-refractivity contribution >= 4 is 5.91 Å². The van der Waals surface area contributed by atoms with Crippen molar-refractivity contribution in [3.8, 4) is 0 Å². The molecule has 1 aromatic rings. The number of aliphatic hydroxyl groups excluding tert-OH is 1. The molecule has 0 aliphatic heterocycles. The van der Waals surface area contributed by atoms with Crippen LogP contribution in [0.5, 0.6) is 0 Å². The van der Waals surface area contributed by atoms with Crippen LogP contribution >= 0.6 is 0 Å². The van der Waals surface area contributed by atoms with Crippen LogP contribution in [0.4, 0.5) is 0 Å². The van der Waals surface area contributed by atoms with Crippen LogP contribution in [-0.2, 0) is 6.54 Å². The number of H-pyrrole nitrogens is 1. The second-order valence-corrected chi connectivity index (χ2v) is 8.97. The van der Waals surface area contributed by atoms with Crippen LogP contribution in [0.25, 0.3) is 0 Å². The normalized spacial score (nSPS) is 31.4. The summed E-state index contributed by atoms with van der Waals surface area (Å²) in [4.78, 5) is 30.3. The molecule has 3 N–H and O–H groups in total. The summed E-state index contributed by atoms with van der Waals surface area (Å²) >= 11 is 0. The number of aromatic nitrogens is 1. The molecule has 0 unspecified atom stereocenters. The van der Waals surface area contributed by atoms with Crippen LogP contribution in [0.15, 0.2) is 16.9 Å². The minimum absolute atomic E-state index is 0.0862. The van der Waals surface area contributed by atoms with E-state index in [0.717, 1.165) is 49.3 Å². The molecule has 4 aliphatic carbocycles. The van der Waals surface area contributed by atoms with Crippen molar-refractivity contribution in [2.24, 2.45) is 17.8 Å². The van der Waals surface area contributed by atoms with E-state index in [0.29, 0.717) is 13.1 Å². The second kappa shape index (κ2) is 7.40. The van der Waals surface area contributed by atoms with Crippen molar-refractivity contribution < 1.29 is 9.90 Å². The molecule has 4 fully saturated rings. The first kappa shape index (κ1) is 18.7. The zero-order valence-corrected chi connectivity index (χ0v) is 16.2. The molecule has 0 saturated heterocycles. The Hall–Kier alpha value is -1.66. The van der Waals surface area contributed by atoms with Crippen molar-refractivity contribution in [1.29, 1.82) is 0 Å². The second-order valence-electron chi connectivity index (χ2n) is 8.97. The Morgan fingerprint density at radius 2 is 1.85 bits per heavy atom. The third-order valence-electron chi connectivity index (χ3n) is 6.89. The van der Waals surface area contributed by atoms with Crippen molar-refractivity contribution in [3.63, 3.8) is 0 Å². The number of hydrogen-bond acceptors (Lipinski definition) is 4. The highest BCUT2D eigenvalue weighted by molar-refractivity contribution is 5.94. The minimum Gasteiger partial charge on any atom is -0.395 e. The number of hydrogen-bond donors (Lipinski definition) is 3. The maximum Gasteiger partial charge on any atom is 0.261 e. The van der Waals surface area contributed by atoms with Crippen LogP contribution in [0.1, 0.15) is 61.5 Å². The molecule has 148 valence electrons. The maximum absolute atomic E-state index is 12.9. The summed E-state index contributed by atoms with van der Waals surface area (Å²) in [6, 6.07) is 3.47. The molecular formula is C21H31N3O3. The topological polar surface area (TPSA) is 85.4 Å². The molecular weight excluding hydrogens is 342 g/mol. The van der Waals surface area contributed by atoms with Gasteiger partial charge in [0.05, 0.1) is 6.61 Å². The first-order chi connectivity index (χ1) is 13.0. The fraction of sp³-hybridized carbons (Fsp3) is 0.714. The summed E-state index contributed by atoms with van der Waals surface area (Å²) in [5.74, 6) is 2.03.